The van der Waals surface area contributed by atoms with Crippen LogP contribution in [0.25, 0.3) is 0 Å². The predicted octanol–water partition coefficient (Wildman–Crippen LogP) is 2.22. The number of alkyl halides is 1. The molecule has 0 bridgehead atoms. The zero-order valence-corrected chi connectivity index (χ0v) is 15.7. The summed E-state index contributed by atoms with van der Waals surface area (Å²) in [6.45, 7) is 3.87. The van der Waals surface area contributed by atoms with Gasteiger partial charge in [0.1, 0.15) is 6.61 Å². The summed E-state index contributed by atoms with van der Waals surface area (Å²) in [6.07, 6.45) is 4.97. The number of methoxy groups -OCH3 is 1. The van der Waals surface area contributed by atoms with Crippen molar-refractivity contribution in [2.75, 3.05) is 64.4 Å². The Balaban J connectivity index is 2.98. The summed E-state index contributed by atoms with van der Waals surface area (Å²) < 4.78 is 26.9. The highest BCUT2D eigenvalue weighted by molar-refractivity contribution is 14.1. The van der Waals surface area contributed by atoms with Gasteiger partial charge in [0.15, 0.2) is 0 Å². The molecule has 0 rings (SSSR count). The van der Waals surface area contributed by atoms with E-state index in [9.17, 15) is 4.79 Å². The van der Waals surface area contributed by atoms with Gasteiger partial charge < -0.3 is 23.7 Å². The van der Waals surface area contributed by atoms with Crippen molar-refractivity contribution >= 4 is 28.6 Å². The van der Waals surface area contributed by atoms with Crippen molar-refractivity contribution in [1.29, 1.82) is 0 Å². The van der Waals surface area contributed by atoms with Crippen molar-refractivity contribution in [3.63, 3.8) is 0 Å². The van der Waals surface area contributed by atoms with Crippen LogP contribution in [0.2, 0.25) is 0 Å². The molecule has 0 unspecified atom stereocenters. The average molecular weight is 432 g/mol. The van der Waals surface area contributed by atoms with E-state index in [2.05, 4.69) is 27.3 Å². The third-order valence-corrected chi connectivity index (χ3v) is 3.50. The molecule has 22 heavy (non-hydrogen) atoms. The molecular formula is C15H29IO6. The monoisotopic (exact) mass is 432 g/mol. The van der Waals surface area contributed by atoms with Crippen molar-refractivity contribution in [3.8, 4) is 0 Å². The van der Waals surface area contributed by atoms with E-state index < -0.39 is 0 Å². The summed E-state index contributed by atoms with van der Waals surface area (Å²) in [5.74, 6) is -0.381. The second kappa shape index (κ2) is 19.1. The number of carbonyl (C=O) groups excluding carboxylic acids is 1. The van der Waals surface area contributed by atoms with Gasteiger partial charge in [-0.3, -0.25) is 0 Å². The minimum absolute atomic E-state index is 0.0359. The first-order chi connectivity index (χ1) is 10.8. The van der Waals surface area contributed by atoms with Crippen LogP contribution >= 0.6 is 22.6 Å². The lowest BCUT2D eigenvalue weighted by atomic mass is 10.2. The fraction of sp³-hybridized carbons (Fsp3) is 0.933. The summed E-state index contributed by atoms with van der Waals surface area (Å²) in [4.78, 5) is 10.7. The summed E-state index contributed by atoms with van der Waals surface area (Å²) >= 11 is 2.41. The second-order valence-corrected chi connectivity index (χ2v) is 5.65. The standard InChI is InChI=1S/C15H29IO6/c1-18-15(17)14-22-13-12-21-11-10-20-9-8-19-7-5-3-2-4-6-16/h2-14H2,1H3. The molecule has 0 atom stereocenters. The van der Waals surface area contributed by atoms with E-state index in [4.69, 9.17) is 18.9 Å². The number of carbonyl (C=O) groups is 1. The lowest BCUT2D eigenvalue weighted by molar-refractivity contribution is -0.146. The fourth-order valence-electron chi connectivity index (χ4n) is 1.53. The molecule has 7 heteroatoms. The van der Waals surface area contributed by atoms with E-state index in [0.29, 0.717) is 39.6 Å². The largest absolute Gasteiger partial charge is 0.467 e. The SMILES string of the molecule is COC(=O)COCCOCCOCCOCCCCCCI. The van der Waals surface area contributed by atoms with Gasteiger partial charge in [-0.15, -0.1) is 0 Å². The minimum atomic E-state index is -0.381. The van der Waals surface area contributed by atoms with Gasteiger partial charge in [0, 0.05) is 6.61 Å². The van der Waals surface area contributed by atoms with Crippen molar-refractivity contribution < 1.29 is 28.5 Å². The van der Waals surface area contributed by atoms with Crippen molar-refractivity contribution in [3.05, 3.63) is 0 Å². The highest BCUT2D eigenvalue weighted by atomic mass is 127. The van der Waals surface area contributed by atoms with Crippen LogP contribution in [0.1, 0.15) is 25.7 Å². The fourth-order valence-corrected chi connectivity index (χ4v) is 2.07. The first-order valence-electron chi connectivity index (χ1n) is 7.75. The van der Waals surface area contributed by atoms with Crippen LogP contribution in [-0.2, 0) is 28.5 Å². The number of rotatable bonds is 17. The lowest BCUT2D eigenvalue weighted by Crippen LogP contribution is -2.15. The maximum Gasteiger partial charge on any atom is 0.331 e. The van der Waals surface area contributed by atoms with Crippen LogP contribution < -0.4 is 0 Å². The third kappa shape index (κ3) is 18.1. The maximum absolute atomic E-state index is 10.7. The normalized spacial score (nSPS) is 10.8. The number of esters is 1. The molecule has 0 N–H and O–H groups in total. The van der Waals surface area contributed by atoms with Crippen LogP contribution in [0, 0.1) is 0 Å². The van der Waals surface area contributed by atoms with E-state index in [0.717, 1.165) is 13.0 Å². The van der Waals surface area contributed by atoms with Gasteiger partial charge in [0.2, 0.25) is 0 Å². The molecule has 0 aliphatic heterocycles. The molecular weight excluding hydrogens is 403 g/mol. The molecule has 132 valence electrons. The van der Waals surface area contributed by atoms with Crippen molar-refractivity contribution in [1.82, 2.24) is 0 Å². The molecule has 0 fully saturated rings. The van der Waals surface area contributed by atoms with Gasteiger partial charge in [-0.05, 0) is 17.3 Å². The quantitative estimate of drug-likeness (QED) is 0.152. The van der Waals surface area contributed by atoms with Crippen molar-refractivity contribution in [2.45, 2.75) is 25.7 Å². The molecule has 0 amide bonds. The number of halogens is 1. The number of ether oxygens (including phenoxy) is 5. The Morgan fingerprint density at radius 2 is 1.23 bits per heavy atom. The Hall–Kier alpha value is 0.0400. The van der Waals surface area contributed by atoms with Gasteiger partial charge in [0.25, 0.3) is 0 Å². The molecule has 0 heterocycles. The topological polar surface area (TPSA) is 63.2 Å². The highest BCUT2D eigenvalue weighted by Gasteiger charge is 1.98. The van der Waals surface area contributed by atoms with Gasteiger partial charge in [-0.25, -0.2) is 4.79 Å². The van der Waals surface area contributed by atoms with Gasteiger partial charge in [0.05, 0.1) is 46.8 Å². The Morgan fingerprint density at radius 1 is 0.727 bits per heavy atom. The molecule has 0 aromatic carbocycles. The minimum Gasteiger partial charge on any atom is -0.467 e. The van der Waals surface area contributed by atoms with Crippen LogP contribution in [0.5, 0.6) is 0 Å². The molecule has 6 nitrogen and oxygen atoms in total. The molecule has 0 spiro atoms. The molecule has 0 radical (unpaired) electrons. The molecule has 0 aliphatic rings. The summed E-state index contributed by atoms with van der Waals surface area (Å²) in [7, 11) is 1.33. The van der Waals surface area contributed by atoms with E-state index in [1.165, 1.54) is 30.8 Å². The van der Waals surface area contributed by atoms with Crippen LogP contribution in [0.3, 0.4) is 0 Å². The third-order valence-electron chi connectivity index (χ3n) is 2.74. The average Bonchev–Trinajstić information content (AvgIpc) is 2.54. The highest BCUT2D eigenvalue weighted by Crippen LogP contribution is 2.02. The van der Waals surface area contributed by atoms with E-state index in [1.807, 2.05) is 0 Å². The zero-order valence-electron chi connectivity index (χ0n) is 13.5. The molecule has 0 aromatic rings. The Bertz CT molecular complexity index is 240. The van der Waals surface area contributed by atoms with E-state index in [-0.39, 0.29) is 12.6 Å². The van der Waals surface area contributed by atoms with E-state index in [1.54, 1.807) is 0 Å². The second-order valence-electron chi connectivity index (χ2n) is 4.57. The first-order valence-corrected chi connectivity index (χ1v) is 9.27. The molecule has 0 saturated heterocycles. The Labute approximate surface area is 147 Å². The Morgan fingerprint density at radius 3 is 1.77 bits per heavy atom. The molecule has 0 aromatic heterocycles. The van der Waals surface area contributed by atoms with Crippen molar-refractivity contribution in [2.24, 2.45) is 0 Å². The van der Waals surface area contributed by atoms with Crippen LogP contribution in [-0.4, -0.2) is 70.4 Å². The van der Waals surface area contributed by atoms with Crippen LogP contribution in [0.15, 0.2) is 0 Å². The predicted molar refractivity (Wildman–Crippen MR) is 92.6 cm³/mol. The molecule has 0 aliphatic carbocycles. The van der Waals surface area contributed by atoms with Crippen LogP contribution in [0.4, 0.5) is 0 Å². The summed E-state index contributed by atoms with van der Waals surface area (Å²) in [5, 5.41) is 0. The zero-order chi connectivity index (χ0) is 16.3. The lowest BCUT2D eigenvalue weighted by Gasteiger charge is -2.07. The van der Waals surface area contributed by atoms with Gasteiger partial charge >= 0.3 is 5.97 Å². The summed E-state index contributed by atoms with van der Waals surface area (Å²) in [6, 6.07) is 0. The first kappa shape index (κ1) is 22.0. The van der Waals surface area contributed by atoms with Gasteiger partial charge in [-0.2, -0.15) is 0 Å². The summed E-state index contributed by atoms with van der Waals surface area (Å²) in [5.41, 5.74) is 0. The maximum atomic E-state index is 10.7. The Kier molecular flexibility index (Phi) is 19.1. The number of hydrogen-bond acceptors (Lipinski definition) is 6. The molecule has 0 saturated carbocycles. The smallest absolute Gasteiger partial charge is 0.331 e. The van der Waals surface area contributed by atoms with E-state index >= 15 is 0 Å². The number of hydrogen-bond donors (Lipinski definition) is 0. The van der Waals surface area contributed by atoms with Gasteiger partial charge in [-0.1, -0.05) is 35.4 Å². The number of unbranched alkanes of at least 4 members (excludes halogenated alkanes) is 3.